The summed E-state index contributed by atoms with van der Waals surface area (Å²) in [6.07, 6.45) is 20.7. The van der Waals surface area contributed by atoms with Crippen LogP contribution in [0.2, 0.25) is 0 Å². The maximum atomic E-state index is 14.0. The third-order valence-corrected chi connectivity index (χ3v) is 7.03. The SMILES string of the molecule is CCCN(CCC1=CC=C1)C1=CC=CC(C(=O)C(CC)(Cc2ccc(C)cc2)N(C)C)C=C1. The Morgan fingerprint density at radius 1 is 0.970 bits per heavy atom. The maximum absolute atomic E-state index is 14.0. The topological polar surface area (TPSA) is 23.6 Å². The van der Waals surface area contributed by atoms with Crippen LogP contribution in [0.15, 0.2) is 84.1 Å². The number of aryl methyl sites for hydroxylation is 1. The number of rotatable bonds is 12. The average molecular weight is 445 g/mol. The molecule has 33 heavy (non-hydrogen) atoms. The van der Waals surface area contributed by atoms with E-state index in [0.717, 1.165) is 38.8 Å². The van der Waals surface area contributed by atoms with Crippen molar-refractivity contribution in [2.45, 2.75) is 52.0 Å². The lowest BCUT2D eigenvalue weighted by molar-refractivity contribution is -0.131. The molecule has 0 bridgehead atoms. The van der Waals surface area contributed by atoms with Crippen LogP contribution in [0.25, 0.3) is 0 Å². The van der Waals surface area contributed by atoms with Crippen molar-refractivity contribution in [2.24, 2.45) is 5.92 Å². The first-order valence-corrected chi connectivity index (χ1v) is 12.4. The van der Waals surface area contributed by atoms with Gasteiger partial charge >= 0.3 is 0 Å². The van der Waals surface area contributed by atoms with Gasteiger partial charge in [-0.3, -0.25) is 9.69 Å². The second-order valence-electron chi connectivity index (χ2n) is 9.51. The van der Waals surface area contributed by atoms with Gasteiger partial charge < -0.3 is 4.90 Å². The molecule has 176 valence electrons. The van der Waals surface area contributed by atoms with Crippen molar-refractivity contribution in [3.8, 4) is 0 Å². The van der Waals surface area contributed by atoms with E-state index in [1.165, 1.54) is 22.4 Å². The predicted octanol–water partition coefficient (Wildman–Crippen LogP) is 6.04. The molecule has 0 saturated heterocycles. The molecule has 3 heteroatoms. The summed E-state index contributed by atoms with van der Waals surface area (Å²) in [7, 11) is 4.08. The van der Waals surface area contributed by atoms with Crippen molar-refractivity contribution in [3.63, 3.8) is 0 Å². The van der Waals surface area contributed by atoms with Gasteiger partial charge in [-0.1, -0.05) is 80.1 Å². The molecule has 0 spiro atoms. The standard InChI is InChI=1S/C30H40N2O/c1-6-21-32(22-20-25-10-8-11-25)28-13-9-12-27(18-19-28)29(33)30(7-2,31(4)5)23-26-16-14-24(3)15-17-26/h8-19,27H,6-7,20-23H2,1-5H3. The highest BCUT2D eigenvalue weighted by Crippen LogP contribution is 2.30. The molecule has 0 aromatic heterocycles. The van der Waals surface area contributed by atoms with Crippen LogP contribution in [-0.4, -0.2) is 48.3 Å². The second kappa shape index (κ2) is 11.5. The highest BCUT2D eigenvalue weighted by Gasteiger charge is 2.41. The highest BCUT2D eigenvalue weighted by molar-refractivity contribution is 5.93. The van der Waals surface area contributed by atoms with Crippen molar-refractivity contribution < 1.29 is 4.79 Å². The van der Waals surface area contributed by atoms with Crippen molar-refractivity contribution in [2.75, 3.05) is 27.2 Å². The Bertz CT molecular complexity index is 962. The number of hydrogen-bond donors (Lipinski definition) is 0. The maximum Gasteiger partial charge on any atom is 0.163 e. The summed E-state index contributed by atoms with van der Waals surface area (Å²) in [5.74, 6) is 0.0387. The van der Waals surface area contributed by atoms with E-state index in [0.29, 0.717) is 0 Å². The molecule has 2 unspecified atom stereocenters. The Morgan fingerprint density at radius 3 is 2.27 bits per heavy atom. The molecule has 0 N–H and O–H groups in total. The molecule has 0 amide bonds. The summed E-state index contributed by atoms with van der Waals surface area (Å²) in [5, 5.41) is 0. The molecule has 0 heterocycles. The molecule has 0 radical (unpaired) electrons. The quantitative estimate of drug-likeness (QED) is 0.393. The molecule has 3 nitrogen and oxygen atoms in total. The first-order chi connectivity index (χ1) is 15.9. The van der Waals surface area contributed by atoms with Crippen molar-refractivity contribution >= 4 is 5.78 Å². The average Bonchev–Trinajstić information content (AvgIpc) is 3.02. The van der Waals surface area contributed by atoms with Crippen molar-refractivity contribution in [1.82, 2.24) is 9.80 Å². The zero-order chi connectivity index (χ0) is 23.8. The summed E-state index contributed by atoms with van der Waals surface area (Å²) in [6, 6.07) is 8.58. The molecular weight excluding hydrogens is 404 g/mol. The number of likely N-dealkylation sites (N-methyl/N-ethyl adjacent to an activating group) is 1. The fraction of sp³-hybridized carbons (Fsp3) is 0.433. The Kier molecular flexibility index (Phi) is 8.68. The first-order valence-electron chi connectivity index (χ1n) is 12.4. The monoisotopic (exact) mass is 444 g/mol. The molecule has 0 fully saturated rings. The summed E-state index contributed by atoms with van der Waals surface area (Å²) < 4.78 is 0. The van der Waals surface area contributed by atoms with Gasteiger partial charge in [0.1, 0.15) is 0 Å². The van der Waals surface area contributed by atoms with Gasteiger partial charge in [0.05, 0.1) is 11.5 Å². The van der Waals surface area contributed by atoms with Gasteiger partial charge in [-0.15, -0.1) is 0 Å². The number of benzene rings is 1. The Morgan fingerprint density at radius 2 is 1.70 bits per heavy atom. The number of hydrogen-bond acceptors (Lipinski definition) is 3. The van der Waals surface area contributed by atoms with Gasteiger partial charge in [0.2, 0.25) is 0 Å². The normalized spacial score (nSPS) is 18.9. The van der Waals surface area contributed by atoms with Gasteiger partial charge in [0.25, 0.3) is 0 Å². The van der Waals surface area contributed by atoms with E-state index in [9.17, 15) is 4.79 Å². The number of Topliss-reactive ketones (excluding diaryl/α,β-unsaturated/α-hetero) is 1. The Labute approximate surface area is 200 Å². The molecular formula is C30H40N2O. The van der Waals surface area contributed by atoms with Crippen LogP contribution < -0.4 is 0 Å². The predicted molar refractivity (Wildman–Crippen MR) is 140 cm³/mol. The van der Waals surface area contributed by atoms with Crippen LogP contribution in [0.4, 0.5) is 0 Å². The van der Waals surface area contributed by atoms with E-state index in [-0.39, 0.29) is 11.7 Å². The van der Waals surface area contributed by atoms with Crippen LogP contribution in [0.1, 0.15) is 44.2 Å². The highest BCUT2D eigenvalue weighted by atomic mass is 16.1. The largest absolute Gasteiger partial charge is 0.371 e. The molecule has 1 aromatic carbocycles. The lowest BCUT2D eigenvalue weighted by atomic mass is 9.77. The number of nitrogens with zero attached hydrogens (tertiary/aromatic N) is 2. The smallest absolute Gasteiger partial charge is 0.163 e. The summed E-state index contributed by atoms with van der Waals surface area (Å²) in [6.45, 7) is 8.46. The fourth-order valence-corrected chi connectivity index (χ4v) is 4.72. The third kappa shape index (κ3) is 6.03. The number of carbonyl (C=O) groups excluding carboxylic acids is 1. The molecule has 2 atom stereocenters. The molecule has 0 aliphatic heterocycles. The van der Waals surface area contributed by atoms with Crippen LogP contribution >= 0.6 is 0 Å². The molecule has 1 aromatic rings. The van der Waals surface area contributed by atoms with Gasteiger partial charge in [0.15, 0.2) is 5.78 Å². The second-order valence-corrected chi connectivity index (χ2v) is 9.51. The number of ketones is 1. The van der Waals surface area contributed by atoms with E-state index in [4.69, 9.17) is 0 Å². The zero-order valence-electron chi connectivity index (χ0n) is 21.1. The minimum Gasteiger partial charge on any atom is -0.371 e. The minimum atomic E-state index is -0.536. The minimum absolute atomic E-state index is 0.229. The van der Waals surface area contributed by atoms with E-state index in [1.807, 2.05) is 14.1 Å². The van der Waals surface area contributed by atoms with E-state index in [1.54, 1.807) is 0 Å². The van der Waals surface area contributed by atoms with Crippen LogP contribution in [0.5, 0.6) is 0 Å². The third-order valence-electron chi connectivity index (χ3n) is 7.03. The van der Waals surface area contributed by atoms with Gasteiger partial charge in [-0.25, -0.2) is 0 Å². The van der Waals surface area contributed by atoms with Gasteiger partial charge in [-0.05, 0) is 70.0 Å². The summed E-state index contributed by atoms with van der Waals surface area (Å²) >= 11 is 0. The van der Waals surface area contributed by atoms with Crippen molar-refractivity contribution in [1.29, 1.82) is 0 Å². The molecule has 2 aliphatic rings. The van der Waals surface area contributed by atoms with Crippen LogP contribution in [-0.2, 0) is 11.2 Å². The van der Waals surface area contributed by atoms with Gasteiger partial charge in [0, 0.05) is 18.8 Å². The summed E-state index contributed by atoms with van der Waals surface area (Å²) in [4.78, 5) is 18.5. The fourth-order valence-electron chi connectivity index (χ4n) is 4.72. The molecule has 0 saturated carbocycles. The van der Waals surface area contributed by atoms with Crippen molar-refractivity contribution in [3.05, 3.63) is 95.3 Å². The van der Waals surface area contributed by atoms with E-state index in [2.05, 4.69) is 103 Å². The van der Waals surface area contributed by atoms with Crippen LogP contribution in [0, 0.1) is 12.8 Å². The molecule has 2 aliphatic carbocycles. The Hall–Kier alpha value is -2.65. The van der Waals surface area contributed by atoms with E-state index < -0.39 is 5.54 Å². The van der Waals surface area contributed by atoms with E-state index >= 15 is 0 Å². The van der Waals surface area contributed by atoms with Crippen LogP contribution in [0.3, 0.4) is 0 Å². The zero-order valence-corrected chi connectivity index (χ0v) is 21.1. The lowest BCUT2D eigenvalue weighted by Gasteiger charge is -2.39. The number of carbonyl (C=O) groups is 1. The lowest BCUT2D eigenvalue weighted by Crippen LogP contribution is -2.54. The summed E-state index contributed by atoms with van der Waals surface area (Å²) in [5.41, 5.74) is 4.51. The number of allylic oxidation sites excluding steroid dienone is 8. The Balaban J connectivity index is 1.77. The van der Waals surface area contributed by atoms with Gasteiger partial charge in [-0.2, -0.15) is 0 Å². The first kappa shape index (κ1) is 25.0. The molecule has 3 rings (SSSR count).